The first-order valence-corrected chi connectivity index (χ1v) is 12.0. The number of nitrogens with one attached hydrogen (secondary N) is 1. The van der Waals surface area contributed by atoms with Crippen LogP contribution in [0.15, 0.2) is 59.5 Å². The van der Waals surface area contributed by atoms with Crippen molar-refractivity contribution in [3.63, 3.8) is 0 Å². The molecule has 3 aromatic rings. The summed E-state index contributed by atoms with van der Waals surface area (Å²) in [6.07, 6.45) is 1.68. The molecular weight excluding hydrogens is 528 g/mol. The number of anilines is 1. The number of pyridine rings is 1. The molecule has 2 atom stereocenters. The van der Waals surface area contributed by atoms with Crippen LogP contribution in [0, 0.1) is 11.3 Å². The Hall–Kier alpha value is -4.66. The second-order valence-electron chi connectivity index (χ2n) is 8.34. The quantitative estimate of drug-likeness (QED) is 0.319. The first-order valence-electron chi connectivity index (χ1n) is 11.7. The number of carbonyl (C=O) groups is 3. The third-order valence-corrected chi connectivity index (χ3v) is 6.02. The predicted octanol–water partition coefficient (Wildman–Crippen LogP) is 3.21. The van der Waals surface area contributed by atoms with E-state index in [-0.39, 0.29) is 17.7 Å². The average Bonchev–Trinajstić information content (AvgIpc) is 2.92. The number of aromatic nitrogens is 1. The van der Waals surface area contributed by atoms with Gasteiger partial charge in [-0.3, -0.25) is 19.0 Å². The Morgan fingerprint density at radius 3 is 2.44 bits per heavy atom. The van der Waals surface area contributed by atoms with E-state index in [4.69, 9.17) is 31.9 Å². The van der Waals surface area contributed by atoms with E-state index >= 15 is 0 Å². The molecule has 12 heteroatoms. The largest absolute Gasteiger partial charge is 0.495 e. The number of nitrogens with zero attached hydrogens (tertiary/aromatic N) is 2. The molecule has 1 amide bonds. The van der Waals surface area contributed by atoms with E-state index in [1.54, 1.807) is 25.1 Å². The molecule has 0 aliphatic heterocycles. The molecule has 1 heterocycles. The van der Waals surface area contributed by atoms with Gasteiger partial charge in [0.15, 0.2) is 0 Å². The summed E-state index contributed by atoms with van der Waals surface area (Å²) >= 11 is 6.11. The van der Waals surface area contributed by atoms with Crippen LogP contribution in [0.25, 0.3) is 11.1 Å². The Bertz CT molecular complexity index is 1500. The van der Waals surface area contributed by atoms with Crippen LogP contribution in [0.1, 0.15) is 35.3 Å². The molecule has 0 aliphatic carbocycles. The lowest BCUT2D eigenvalue weighted by molar-refractivity contribution is -0.139. The normalized spacial score (nSPS) is 12.1. The molecule has 0 saturated heterocycles. The van der Waals surface area contributed by atoms with Crippen LogP contribution in [0.3, 0.4) is 0 Å². The Labute approximate surface area is 228 Å². The van der Waals surface area contributed by atoms with Crippen molar-refractivity contribution in [2.45, 2.75) is 25.4 Å². The number of aliphatic carboxylic acids is 1. The molecule has 0 spiro atoms. The zero-order chi connectivity index (χ0) is 28.7. The summed E-state index contributed by atoms with van der Waals surface area (Å²) in [6, 6.07) is 11.5. The summed E-state index contributed by atoms with van der Waals surface area (Å²) in [5.41, 5.74) is 6.40. The predicted molar refractivity (Wildman–Crippen MR) is 143 cm³/mol. The van der Waals surface area contributed by atoms with Gasteiger partial charge in [0.2, 0.25) is 5.91 Å². The minimum Gasteiger partial charge on any atom is -0.495 e. The molecule has 0 fully saturated rings. The van der Waals surface area contributed by atoms with Gasteiger partial charge in [-0.2, -0.15) is 5.26 Å². The van der Waals surface area contributed by atoms with Crippen LogP contribution in [0.4, 0.5) is 5.69 Å². The summed E-state index contributed by atoms with van der Waals surface area (Å²) in [6.45, 7) is 1.25. The smallest absolute Gasteiger partial charge is 0.338 e. The molecule has 1 aromatic heterocycles. The Morgan fingerprint density at radius 1 is 1.15 bits per heavy atom. The van der Waals surface area contributed by atoms with Gasteiger partial charge >= 0.3 is 11.9 Å². The third-order valence-electron chi connectivity index (χ3n) is 5.78. The fraction of sp³-hybridized carbons (Fsp3) is 0.222. The van der Waals surface area contributed by atoms with Gasteiger partial charge in [0.05, 0.1) is 30.5 Å². The Kier molecular flexibility index (Phi) is 9.43. The van der Waals surface area contributed by atoms with Crippen molar-refractivity contribution in [1.82, 2.24) is 4.57 Å². The molecule has 39 heavy (non-hydrogen) atoms. The lowest BCUT2D eigenvalue weighted by atomic mass is 10.00. The van der Waals surface area contributed by atoms with Gasteiger partial charge in [0.1, 0.15) is 24.4 Å². The van der Waals surface area contributed by atoms with Crippen molar-refractivity contribution in [1.29, 1.82) is 5.26 Å². The highest BCUT2D eigenvalue weighted by molar-refractivity contribution is 6.31. The number of carboxylic acid groups (broad SMARTS) is 1. The number of carbonyl (C=O) groups excluding carboxylic acids is 2. The number of methoxy groups -OCH3 is 1. The molecule has 202 valence electrons. The second kappa shape index (κ2) is 12.7. The minimum absolute atomic E-state index is 0.131. The minimum atomic E-state index is -1.34. The van der Waals surface area contributed by atoms with Gasteiger partial charge in [-0.1, -0.05) is 18.5 Å². The van der Waals surface area contributed by atoms with Gasteiger partial charge in [-0.25, -0.2) is 4.79 Å². The molecule has 0 saturated carbocycles. The third kappa shape index (κ3) is 6.81. The zero-order valence-corrected chi connectivity index (χ0v) is 21.8. The number of benzene rings is 2. The number of hydrogen-bond donors (Lipinski definition) is 3. The highest BCUT2D eigenvalue weighted by Gasteiger charge is 2.23. The fourth-order valence-electron chi connectivity index (χ4n) is 3.73. The van der Waals surface area contributed by atoms with E-state index in [1.165, 1.54) is 48.2 Å². The number of hydrogen-bond acceptors (Lipinski definition) is 8. The first-order chi connectivity index (χ1) is 18.6. The summed E-state index contributed by atoms with van der Waals surface area (Å²) in [7, 11) is 1.41. The maximum absolute atomic E-state index is 13.1. The standard InChI is InChI=1S/C27H25ClN4O7/c1-3-22(25(34)31-18-8-5-15(6-9-18)27(37)39-14-21(30)26(35)36)32-13-23(38-2)20(11-24(32)33)19-10-17(28)7-4-16(19)12-29/h4-11,13,21-22H,3,14,30H2,1-2H3,(H,31,34)(H,35,36)/t21-,22?/m0/s1. The summed E-state index contributed by atoms with van der Waals surface area (Å²) < 4.78 is 11.6. The number of ether oxygens (including phenoxy) is 2. The van der Waals surface area contributed by atoms with Crippen molar-refractivity contribution in [3.05, 3.63) is 81.2 Å². The highest BCUT2D eigenvalue weighted by atomic mass is 35.5. The van der Waals surface area contributed by atoms with E-state index in [2.05, 4.69) is 11.4 Å². The molecule has 3 rings (SSSR count). The molecule has 0 radical (unpaired) electrons. The number of nitriles is 1. The number of carboxylic acids is 1. The van der Waals surface area contributed by atoms with Crippen molar-refractivity contribution in [2.24, 2.45) is 5.73 Å². The number of amides is 1. The molecule has 0 aliphatic rings. The van der Waals surface area contributed by atoms with Gasteiger partial charge in [-0.05, 0) is 48.9 Å². The maximum Gasteiger partial charge on any atom is 0.338 e. The lowest BCUT2D eigenvalue weighted by Gasteiger charge is -2.20. The van der Waals surface area contributed by atoms with Gasteiger partial charge in [0, 0.05) is 27.9 Å². The number of esters is 1. The van der Waals surface area contributed by atoms with Crippen LogP contribution in [-0.4, -0.2) is 47.3 Å². The van der Waals surface area contributed by atoms with Crippen molar-refractivity contribution < 1.29 is 29.0 Å². The van der Waals surface area contributed by atoms with Gasteiger partial charge < -0.3 is 25.6 Å². The zero-order valence-electron chi connectivity index (χ0n) is 21.0. The number of nitrogens with two attached hydrogens (primary N) is 1. The lowest BCUT2D eigenvalue weighted by Crippen LogP contribution is -2.35. The average molecular weight is 553 g/mol. The van der Waals surface area contributed by atoms with Crippen molar-refractivity contribution >= 4 is 35.1 Å². The number of rotatable bonds is 10. The van der Waals surface area contributed by atoms with Crippen LogP contribution in [0.2, 0.25) is 5.02 Å². The van der Waals surface area contributed by atoms with E-state index < -0.39 is 42.1 Å². The highest BCUT2D eigenvalue weighted by Crippen LogP contribution is 2.33. The molecule has 0 bridgehead atoms. The summed E-state index contributed by atoms with van der Waals surface area (Å²) in [5, 5.41) is 21.4. The van der Waals surface area contributed by atoms with Crippen LogP contribution < -0.4 is 21.3 Å². The fourth-order valence-corrected chi connectivity index (χ4v) is 3.90. The van der Waals surface area contributed by atoms with E-state index in [9.17, 15) is 24.4 Å². The van der Waals surface area contributed by atoms with E-state index in [1.807, 2.05) is 0 Å². The Balaban J connectivity index is 1.82. The first kappa shape index (κ1) is 28.9. The molecule has 2 aromatic carbocycles. The van der Waals surface area contributed by atoms with E-state index in [0.717, 1.165) is 0 Å². The Morgan fingerprint density at radius 2 is 1.85 bits per heavy atom. The van der Waals surface area contributed by atoms with Gasteiger partial charge in [-0.15, -0.1) is 0 Å². The second-order valence-corrected chi connectivity index (χ2v) is 8.77. The van der Waals surface area contributed by atoms with E-state index in [0.29, 0.717) is 27.4 Å². The SMILES string of the molecule is CCC(C(=O)Nc1ccc(C(=O)OC[C@H](N)C(=O)O)cc1)n1cc(OC)c(-c2cc(Cl)ccc2C#N)cc1=O. The van der Waals surface area contributed by atoms with Crippen LogP contribution >= 0.6 is 11.6 Å². The van der Waals surface area contributed by atoms with Crippen molar-refractivity contribution in [2.75, 3.05) is 19.0 Å². The molecular formula is C27H25ClN4O7. The van der Waals surface area contributed by atoms with Gasteiger partial charge in [0.25, 0.3) is 5.56 Å². The summed E-state index contributed by atoms with van der Waals surface area (Å²) in [5.74, 6) is -2.29. The molecule has 4 N–H and O–H groups in total. The van der Waals surface area contributed by atoms with Crippen LogP contribution in [-0.2, 0) is 14.3 Å². The monoisotopic (exact) mass is 552 g/mol. The topological polar surface area (TPSA) is 174 Å². The van der Waals surface area contributed by atoms with Crippen LogP contribution in [0.5, 0.6) is 5.75 Å². The van der Waals surface area contributed by atoms with Crippen molar-refractivity contribution in [3.8, 4) is 22.9 Å². The summed E-state index contributed by atoms with van der Waals surface area (Å²) in [4.78, 5) is 49.1. The molecule has 11 nitrogen and oxygen atoms in total. The number of halogens is 1. The molecule has 1 unspecified atom stereocenters. The maximum atomic E-state index is 13.1.